The van der Waals surface area contributed by atoms with Crippen molar-refractivity contribution >= 4 is 46.0 Å². The highest BCUT2D eigenvalue weighted by Gasteiger charge is 2.33. The van der Waals surface area contributed by atoms with Crippen LogP contribution in [0.15, 0.2) is 47.4 Å². The Kier molecular flexibility index (Phi) is 4.19. The summed E-state index contributed by atoms with van der Waals surface area (Å²) >= 11 is 6.53. The lowest BCUT2D eigenvalue weighted by Crippen LogP contribution is -2.27. The Morgan fingerprint density at radius 3 is 2.56 bits per heavy atom. The summed E-state index contributed by atoms with van der Waals surface area (Å²) in [5.74, 6) is 0.772. The van der Waals surface area contributed by atoms with Gasteiger partial charge in [-0.05, 0) is 48.0 Å². The number of carbonyl (C=O) groups is 1. The van der Waals surface area contributed by atoms with E-state index in [1.54, 1.807) is 6.08 Å². The lowest BCUT2D eigenvalue weighted by Gasteiger charge is -2.18. The number of amides is 1. The molecule has 0 aliphatic carbocycles. The molecule has 1 saturated heterocycles. The van der Waals surface area contributed by atoms with E-state index in [1.165, 1.54) is 40.9 Å². The minimum absolute atomic E-state index is 0.225. The van der Waals surface area contributed by atoms with Crippen molar-refractivity contribution in [3.8, 4) is 11.5 Å². The molecule has 1 fully saturated rings. The number of hydrogen-bond acceptors (Lipinski definition) is 5. The van der Waals surface area contributed by atoms with Crippen LogP contribution >= 0.6 is 24.0 Å². The summed E-state index contributed by atoms with van der Waals surface area (Å²) in [5, 5.41) is 0. The maximum Gasteiger partial charge on any atom is 0.270 e. The lowest BCUT2D eigenvalue weighted by molar-refractivity contribution is -0.113. The van der Waals surface area contributed by atoms with E-state index in [0.717, 1.165) is 5.56 Å². The van der Waals surface area contributed by atoms with Crippen molar-refractivity contribution in [1.29, 1.82) is 0 Å². The van der Waals surface area contributed by atoms with E-state index >= 15 is 0 Å². The molecule has 2 aliphatic rings. The van der Waals surface area contributed by atoms with Crippen LogP contribution in [0.1, 0.15) is 5.56 Å². The molecule has 2 heterocycles. The highest BCUT2D eigenvalue weighted by molar-refractivity contribution is 8.27. The van der Waals surface area contributed by atoms with Crippen molar-refractivity contribution in [3.05, 3.63) is 58.8 Å². The van der Waals surface area contributed by atoms with Crippen LogP contribution in [0, 0.1) is 5.82 Å². The van der Waals surface area contributed by atoms with Gasteiger partial charge in [-0.25, -0.2) is 4.39 Å². The number of hydrogen-bond donors (Lipinski definition) is 0. The van der Waals surface area contributed by atoms with Crippen molar-refractivity contribution in [3.63, 3.8) is 0 Å². The topological polar surface area (TPSA) is 38.8 Å². The fourth-order valence-corrected chi connectivity index (χ4v) is 3.88. The number of nitrogens with zero attached hydrogens (tertiary/aromatic N) is 1. The van der Waals surface area contributed by atoms with E-state index in [1.807, 2.05) is 18.2 Å². The summed E-state index contributed by atoms with van der Waals surface area (Å²) in [6, 6.07) is 11.2. The number of anilines is 1. The first-order valence-electron chi connectivity index (χ1n) is 7.55. The van der Waals surface area contributed by atoms with Gasteiger partial charge in [-0.2, -0.15) is 0 Å². The molecule has 7 heteroatoms. The zero-order chi connectivity index (χ0) is 17.4. The molecule has 2 aromatic carbocycles. The van der Waals surface area contributed by atoms with Crippen molar-refractivity contribution in [2.24, 2.45) is 0 Å². The van der Waals surface area contributed by atoms with E-state index in [0.29, 0.717) is 39.6 Å². The minimum atomic E-state index is -0.360. The van der Waals surface area contributed by atoms with Crippen LogP contribution in [-0.2, 0) is 4.79 Å². The third-order valence-electron chi connectivity index (χ3n) is 3.74. The lowest BCUT2D eigenvalue weighted by atomic mass is 10.1. The number of thioether (sulfide) groups is 1. The van der Waals surface area contributed by atoms with Gasteiger partial charge in [0.25, 0.3) is 5.91 Å². The Labute approximate surface area is 153 Å². The van der Waals surface area contributed by atoms with Crippen molar-refractivity contribution in [1.82, 2.24) is 0 Å². The van der Waals surface area contributed by atoms with Gasteiger partial charge in [0.1, 0.15) is 19.0 Å². The average Bonchev–Trinajstić information content (AvgIpc) is 2.89. The molecule has 2 aromatic rings. The van der Waals surface area contributed by atoms with Gasteiger partial charge in [0.15, 0.2) is 15.8 Å². The predicted octanol–water partition coefficient (Wildman–Crippen LogP) is 4.00. The first kappa shape index (κ1) is 16.1. The van der Waals surface area contributed by atoms with E-state index < -0.39 is 0 Å². The van der Waals surface area contributed by atoms with Crippen LogP contribution in [0.25, 0.3) is 6.08 Å². The zero-order valence-electron chi connectivity index (χ0n) is 12.9. The molecule has 0 saturated carbocycles. The number of halogens is 1. The van der Waals surface area contributed by atoms with Crippen LogP contribution in [0.4, 0.5) is 10.1 Å². The van der Waals surface area contributed by atoms with Gasteiger partial charge < -0.3 is 9.47 Å². The van der Waals surface area contributed by atoms with E-state index in [4.69, 9.17) is 21.7 Å². The summed E-state index contributed by atoms with van der Waals surface area (Å²) in [7, 11) is 0. The summed E-state index contributed by atoms with van der Waals surface area (Å²) in [6.45, 7) is 1.03. The molecule has 0 radical (unpaired) electrons. The molecular formula is C18H12FNO3S2. The number of carbonyl (C=O) groups excluding carboxylic acids is 1. The summed E-state index contributed by atoms with van der Waals surface area (Å²) < 4.78 is 24.6. The molecule has 0 aromatic heterocycles. The van der Waals surface area contributed by atoms with Gasteiger partial charge in [0.2, 0.25) is 0 Å². The fraction of sp³-hybridized carbons (Fsp3) is 0.111. The van der Waals surface area contributed by atoms with Gasteiger partial charge >= 0.3 is 0 Å². The quantitative estimate of drug-likeness (QED) is 0.588. The van der Waals surface area contributed by atoms with Gasteiger partial charge in [0.05, 0.1) is 10.6 Å². The minimum Gasteiger partial charge on any atom is -0.486 e. The SMILES string of the molecule is O=C1/C(=C\c2ccc3c(c2)OCCO3)SC(=S)N1c1ccc(F)cc1. The van der Waals surface area contributed by atoms with E-state index in [9.17, 15) is 9.18 Å². The van der Waals surface area contributed by atoms with Crippen LogP contribution in [-0.4, -0.2) is 23.4 Å². The van der Waals surface area contributed by atoms with Gasteiger partial charge in [0, 0.05) is 0 Å². The van der Waals surface area contributed by atoms with Gasteiger partial charge in [-0.1, -0.05) is 30.0 Å². The molecule has 0 atom stereocenters. The molecule has 0 bridgehead atoms. The summed E-state index contributed by atoms with van der Waals surface area (Å²) in [4.78, 5) is 14.6. The van der Waals surface area contributed by atoms with Crippen molar-refractivity contribution < 1.29 is 18.7 Å². The predicted molar refractivity (Wildman–Crippen MR) is 99.5 cm³/mol. The molecule has 0 N–H and O–H groups in total. The van der Waals surface area contributed by atoms with Crippen molar-refractivity contribution in [2.45, 2.75) is 0 Å². The van der Waals surface area contributed by atoms with Crippen molar-refractivity contribution in [2.75, 3.05) is 18.1 Å². The molecule has 4 nitrogen and oxygen atoms in total. The Hall–Kier alpha value is -2.38. The number of rotatable bonds is 2. The van der Waals surface area contributed by atoms with E-state index in [-0.39, 0.29) is 11.7 Å². The molecule has 0 spiro atoms. The summed E-state index contributed by atoms with van der Waals surface area (Å²) in [5.41, 5.74) is 1.37. The monoisotopic (exact) mass is 373 g/mol. The third kappa shape index (κ3) is 3.12. The largest absolute Gasteiger partial charge is 0.486 e. The number of ether oxygens (including phenoxy) is 2. The maximum absolute atomic E-state index is 13.1. The molecule has 2 aliphatic heterocycles. The second-order valence-electron chi connectivity index (χ2n) is 5.40. The van der Waals surface area contributed by atoms with Gasteiger partial charge in [-0.15, -0.1) is 0 Å². The smallest absolute Gasteiger partial charge is 0.270 e. The van der Waals surface area contributed by atoms with Crippen LogP contribution in [0.5, 0.6) is 11.5 Å². The number of thiocarbonyl (C=S) groups is 1. The second-order valence-corrected chi connectivity index (χ2v) is 7.07. The van der Waals surface area contributed by atoms with Crippen LogP contribution in [0.3, 0.4) is 0 Å². The molecule has 25 heavy (non-hydrogen) atoms. The van der Waals surface area contributed by atoms with Crippen LogP contribution < -0.4 is 14.4 Å². The van der Waals surface area contributed by atoms with E-state index in [2.05, 4.69) is 0 Å². The Bertz CT molecular complexity index is 896. The normalized spacial score (nSPS) is 18.1. The first-order valence-corrected chi connectivity index (χ1v) is 8.77. The molecule has 1 amide bonds. The maximum atomic E-state index is 13.1. The molecule has 0 unspecified atom stereocenters. The van der Waals surface area contributed by atoms with Crippen LogP contribution in [0.2, 0.25) is 0 Å². The Morgan fingerprint density at radius 2 is 1.80 bits per heavy atom. The first-order chi connectivity index (χ1) is 12.1. The zero-order valence-corrected chi connectivity index (χ0v) is 14.5. The Morgan fingerprint density at radius 1 is 1.08 bits per heavy atom. The number of benzene rings is 2. The second kappa shape index (κ2) is 6.50. The highest BCUT2D eigenvalue weighted by Crippen LogP contribution is 2.37. The molecular weight excluding hydrogens is 361 g/mol. The standard InChI is InChI=1S/C18H12FNO3S2/c19-12-2-4-13(5-3-12)20-17(21)16(25-18(20)24)10-11-1-6-14-15(9-11)23-8-7-22-14/h1-6,9-10H,7-8H2/b16-10+. The molecule has 4 rings (SSSR count). The third-order valence-corrected chi connectivity index (χ3v) is 5.04. The van der Waals surface area contributed by atoms with Gasteiger partial charge in [-0.3, -0.25) is 9.69 Å². The summed E-state index contributed by atoms with van der Waals surface area (Å²) in [6.07, 6.45) is 1.76. The Balaban J connectivity index is 1.63. The fourth-order valence-electron chi connectivity index (χ4n) is 2.58. The average molecular weight is 373 g/mol. The molecule has 126 valence electrons. The highest BCUT2D eigenvalue weighted by atomic mass is 32.2. The number of fused-ring (bicyclic) bond motifs is 1.